The van der Waals surface area contributed by atoms with Crippen LogP contribution in [0.3, 0.4) is 0 Å². The minimum atomic E-state index is 0.0900. The summed E-state index contributed by atoms with van der Waals surface area (Å²) >= 11 is 3.12. The summed E-state index contributed by atoms with van der Waals surface area (Å²) in [6, 6.07) is 0. The number of piperazine rings is 1. The van der Waals surface area contributed by atoms with Gasteiger partial charge in [-0.2, -0.15) is 0 Å². The Morgan fingerprint density at radius 3 is 1.03 bits per heavy atom. The Kier molecular flexibility index (Phi) is 21.5. The van der Waals surface area contributed by atoms with E-state index in [2.05, 4.69) is 13.8 Å². The lowest BCUT2D eigenvalue weighted by atomic mass is 10.1. The molecule has 4 nitrogen and oxygen atoms in total. The molecule has 0 aliphatic carbocycles. The van der Waals surface area contributed by atoms with Crippen LogP contribution in [0.1, 0.15) is 142 Å². The second kappa shape index (κ2) is 23.1. The predicted molar refractivity (Wildman–Crippen MR) is 152 cm³/mol. The second-order valence-electron chi connectivity index (χ2n) is 9.89. The lowest BCUT2D eigenvalue weighted by Crippen LogP contribution is -2.48. The molecule has 0 aromatic carbocycles. The molecule has 2 amide bonds. The average Bonchev–Trinajstić information content (AvgIpc) is 2.83. The molecule has 0 radical (unpaired) electrons. The maximum Gasteiger partial charge on any atom is 0.253 e. The van der Waals surface area contributed by atoms with Crippen molar-refractivity contribution in [2.45, 2.75) is 142 Å². The molecular formula is C28H54N2O2S2. The zero-order valence-electron chi connectivity index (χ0n) is 22.5. The van der Waals surface area contributed by atoms with Gasteiger partial charge in [0.25, 0.3) is 11.8 Å². The summed E-state index contributed by atoms with van der Waals surface area (Å²) in [5, 5.41) is 0. The fourth-order valence-electron chi connectivity index (χ4n) is 4.34. The third-order valence-electron chi connectivity index (χ3n) is 6.60. The first kappa shape index (κ1) is 31.7. The van der Waals surface area contributed by atoms with E-state index in [1.54, 1.807) is 32.5 Å². The molecular weight excluding hydrogens is 460 g/mol. The van der Waals surface area contributed by atoms with Gasteiger partial charge in [-0.05, 0) is 36.7 Å². The lowest BCUT2D eigenvalue weighted by molar-refractivity contribution is -0.140. The van der Waals surface area contributed by atoms with Crippen molar-refractivity contribution in [3.8, 4) is 0 Å². The van der Waals surface area contributed by atoms with Gasteiger partial charge in [0.2, 0.25) is 0 Å². The van der Waals surface area contributed by atoms with Crippen molar-refractivity contribution in [3.05, 3.63) is 0 Å². The number of hydrogen-bond acceptors (Lipinski definition) is 4. The molecule has 200 valence electrons. The molecule has 1 saturated heterocycles. The number of carbonyl (C=O) groups excluding carboxylic acids is 2. The topological polar surface area (TPSA) is 40.6 Å². The van der Waals surface area contributed by atoms with Crippen molar-refractivity contribution in [3.63, 3.8) is 0 Å². The van der Waals surface area contributed by atoms with Crippen LogP contribution in [-0.4, -0.2) is 45.0 Å². The molecule has 1 aliphatic rings. The number of carbonyl (C=O) groups is 2. The van der Waals surface area contributed by atoms with Crippen LogP contribution in [0.15, 0.2) is 0 Å². The Hall–Kier alpha value is -0.360. The minimum absolute atomic E-state index is 0.0900. The van der Waals surface area contributed by atoms with E-state index in [1.165, 1.54) is 116 Å². The Morgan fingerprint density at radius 2 is 0.735 bits per heavy atom. The van der Waals surface area contributed by atoms with Crippen LogP contribution in [0.25, 0.3) is 0 Å². The maximum atomic E-state index is 12.5. The highest BCUT2D eigenvalue weighted by molar-refractivity contribution is 7.98. The Balaban J connectivity index is 1.96. The van der Waals surface area contributed by atoms with Crippen LogP contribution in [0.5, 0.6) is 0 Å². The molecule has 0 saturated carbocycles. The molecule has 1 heterocycles. The molecule has 6 heteroatoms. The van der Waals surface area contributed by atoms with Gasteiger partial charge in [-0.3, -0.25) is 18.2 Å². The van der Waals surface area contributed by atoms with Crippen molar-refractivity contribution in [2.75, 3.05) is 24.6 Å². The van der Waals surface area contributed by atoms with Crippen LogP contribution in [-0.2, 0) is 9.59 Å². The van der Waals surface area contributed by atoms with E-state index in [9.17, 15) is 9.59 Å². The first-order valence-electron chi connectivity index (χ1n) is 14.6. The van der Waals surface area contributed by atoms with Crippen molar-refractivity contribution < 1.29 is 9.59 Å². The molecule has 34 heavy (non-hydrogen) atoms. The summed E-state index contributed by atoms with van der Waals surface area (Å²) in [7, 11) is 0. The highest BCUT2D eigenvalue weighted by atomic mass is 32.2. The molecule has 1 fully saturated rings. The van der Waals surface area contributed by atoms with Gasteiger partial charge in [0, 0.05) is 11.5 Å². The fourth-order valence-corrected chi connectivity index (χ4v) is 6.26. The second-order valence-corrected chi connectivity index (χ2v) is 12.1. The van der Waals surface area contributed by atoms with Gasteiger partial charge >= 0.3 is 0 Å². The fraction of sp³-hybridized carbons (Fsp3) is 0.929. The molecule has 0 aromatic rings. The Morgan fingerprint density at radius 1 is 0.471 bits per heavy atom. The van der Waals surface area contributed by atoms with E-state index >= 15 is 0 Å². The standard InChI is InChI=1S/C28H54N2O2S2/c1-3-5-7-9-11-13-15-17-19-21-23-33-29-25-28(32)30(26-27(29)31)34-24-22-20-18-16-14-12-10-8-6-4-2/h3-26H2,1-2H3. The lowest BCUT2D eigenvalue weighted by Gasteiger charge is -2.32. The van der Waals surface area contributed by atoms with Crippen molar-refractivity contribution in [1.82, 2.24) is 8.61 Å². The molecule has 1 rings (SSSR count). The largest absolute Gasteiger partial charge is 0.275 e. The van der Waals surface area contributed by atoms with E-state index in [-0.39, 0.29) is 24.9 Å². The van der Waals surface area contributed by atoms with Crippen LogP contribution in [0.2, 0.25) is 0 Å². The number of nitrogens with zero attached hydrogens (tertiary/aromatic N) is 2. The van der Waals surface area contributed by atoms with E-state index in [0.29, 0.717) is 0 Å². The number of amides is 2. The molecule has 0 N–H and O–H groups in total. The molecule has 0 unspecified atom stereocenters. The van der Waals surface area contributed by atoms with E-state index < -0.39 is 0 Å². The normalized spacial score (nSPS) is 14.4. The summed E-state index contributed by atoms with van der Waals surface area (Å²) < 4.78 is 3.40. The highest BCUT2D eigenvalue weighted by Crippen LogP contribution is 2.23. The zero-order chi connectivity index (χ0) is 24.7. The van der Waals surface area contributed by atoms with Gasteiger partial charge in [-0.1, -0.05) is 129 Å². The molecule has 1 aliphatic heterocycles. The van der Waals surface area contributed by atoms with Gasteiger partial charge in [-0.25, -0.2) is 0 Å². The Labute approximate surface area is 220 Å². The van der Waals surface area contributed by atoms with Crippen molar-refractivity contribution in [1.29, 1.82) is 0 Å². The first-order valence-corrected chi connectivity index (χ1v) is 16.4. The van der Waals surface area contributed by atoms with E-state index in [1.807, 2.05) is 0 Å². The maximum absolute atomic E-state index is 12.5. The van der Waals surface area contributed by atoms with Crippen molar-refractivity contribution in [2.24, 2.45) is 0 Å². The van der Waals surface area contributed by atoms with Crippen molar-refractivity contribution >= 4 is 35.7 Å². The summed E-state index contributed by atoms with van der Waals surface area (Å²) in [6.07, 6.45) is 26.5. The first-order chi connectivity index (χ1) is 16.7. The predicted octanol–water partition coefficient (Wildman–Crippen LogP) is 8.80. The smallest absolute Gasteiger partial charge is 0.253 e. The third-order valence-corrected chi connectivity index (χ3v) is 8.84. The molecule has 0 atom stereocenters. The van der Waals surface area contributed by atoms with E-state index in [4.69, 9.17) is 0 Å². The van der Waals surface area contributed by atoms with Gasteiger partial charge in [0.15, 0.2) is 0 Å². The van der Waals surface area contributed by atoms with Gasteiger partial charge in [0.1, 0.15) is 13.1 Å². The van der Waals surface area contributed by atoms with Crippen LogP contribution < -0.4 is 0 Å². The Bertz CT molecular complexity index is 461. The molecule has 0 aromatic heterocycles. The van der Waals surface area contributed by atoms with Crippen LogP contribution in [0, 0.1) is 0 Å². The third kappa shape index (κ3) is 17.1. The summed E-state index contributed by atoms with van der Waals surface area (Å²) in [4.78, 5) is 24.9. The molecule has 0 spiro atoms. The van der Waals surface area contributed by atoms with Gasteiger partial charge in [0.05, 0.1) is 0 Å². The zero-order valence-corrected chi connectivity index (χ0v) is 24.1. The summed E-state index contributed by atoms with van der Waals surface area (Å²) in [6.45, 7) is 5.01. The minimum Gasteiger partial charge on any atom is -0.275 e. The highest BCUT2D eigenvalue weighted by Gasteiger charge is 2.30. The number of hydrogen-bond donors (Lipinski definition) is 0. The van der Waals surface area contributed by atoms with Gasteiger partial charge in [-0.15, -0.1) is 0 Å². The van der Waals surface area contributed by atoms with Gasteiger partial charge < -0.3 is 0 Å². The number of rotatable bonds is 24. The van der Waals surface area contributed by atoms with E-state index in [0.717, 1.165) is 24.3 Å². The molecule has 0 bridgehead atoms. The average molecular weight is 515 g/mol. The number of unbranched alkanes of at least 4 members (excludes halogenated alkanes) is 18. The van der Waals surface area contributed by atoms with Crippen LogP contribution >= 0.6 is 23.9 Å². The summed E-state index contributed by atoms with van der Waals surface area (Å²) in [5.41, 5.74) is 0. The summed E-state index contributed by atoms with van der Waals surface area (Å²) in [5.74, 6) is 2.07. The quantitative estimate of drug-likeness (QED) is 0.0953. The SMILES string of the molecule is CCCCCCCCCCCCSN1CC(=O)N(SCCCCCCCCCCCC)CC1=O. The monoisotopic (exact) mass is 514 g/mol. The van der Waals surface area contributed by atoms with Crippen LogP contribution in [0.4, 0.5) is 0 Å².